The van der Waals surface area contributed by atoms with Crippen LogP contribution in [-0.4, -0.2) is 22.9 Å². The molecule has 0 saturated heterocycles. The van der Waals surface area contributed by atoms with E-state index in [1.54, 1.807) is 0 Å². The Morgan fingerprint density at radius 2 is 1.76 bits per heavy atom. The highest BCUT2D eigenvalue weighted by molar-refractivity contribution is 14.1. The number of rotatable bonds is 3. The highest BCUT2D eigenvalue weighted by Gasteiger charge is 2.23. The molecule has 0 N–H and O–H groups in total. The molecule has 1 rings (SSSR count). The van der Waals surface area contributed by atoms with Crippen molar-refractivity contribution in [2.45, 2.75) is 39.8 Å². The van der Waals surface area contributed by atoms with E-state index in [1.807, 2.05) is 50.8 Å². The molecule has 0 atom stereocenters. The highest BCUT2D eigenvalue weighted by atomic mass is 127. The smallest absolute Gasteiger partial charge is 0.255 e. The summed E-state index contributed by atoms with van der Waals surface area (Å²) in [6.45, 7) is 8.18. The Hall–Kier alpha value is -0.100. The van der Waals surface area contributed by atoms with Crippen molar-refractivity contribution in [2.75, 3.05) is 0 Å². The molecule has 0 heterocycles. The third kappa shape index (κ3) is 3.44. The number of nitrogens with zero attached hydrogens (tertiary/aromatic N) is 1. The molecule has 0 aliphatic rings. The van der Waals surface area contributed by atoms with Crippen molar-refractivity contribution in [3.05, 3.63) is 31.8 Å². The van der Waals surface area contributed by atoms with Crippen molar-refractivity contribution in [3.8, 4) is 0 Å². The average molecular weight is 410 g/mol. The highest BCUT2D eigenvalue weighted by Crippen LogP contribution is 2.24. The van der Waals surface area contributed by atoms with E-state index >= 15 is 0 Å². The number of hydrogen-bond donors (Lipinski definition) is 0. The zero-order valence-electron chi connectivity index (χ0n) is 10.5. The fraction of sp³-hybridized carbons (Fsp3) is 0.462. The second kappa shape index (κ2) is 6.18. The largest absolute Gasteiger partial charge is 0.334 e. The monoisotopic (exact) mass is 409 g/mol. The predicted octanol–water partition coefficient (Wildman–Crippen LogP) is 4.31. The van der Waals surface area contributed by atoms with Crippen molar-refractivity contribution < 1.29 is 4.79 Å². The van der Waals surface area contributed by atoms with Gasteiger partial charge in [0.05, 0.1) is 5.56 Å². The van der Waals surface area contributed by atoms with Gasteiger partial charge in [0.1, 0.15) is 0 Å². The molecule has 1 aromatic carbocycles. The summed E-state index contributed by atoms with van der Waals surface area (Å²) in [6.07, 6.45) is 0. The van der Waals surface area contributed by atoms with E-state index in [-0.39, 0.29) is 18.0 Å². The van der Waals surface area contributed by atoms with Gasteiger partial charge in [-0.25, -0.2) is 0 Å². The number of hydrogen-bond acceptors (Lipinski definition) is 1. The number of carbonyl (C=O) groups excluding carboxylic acids is 1. The van der Waals surface area contributed by atoms with Crippen LogP contribution in [0.1, 0.15) is 38.1 Å². The molecule has 1 amide bonds. The summed E-state index contributed by atoms with van der Waals surface area (Å²) in [7, 11) is 0. The molecule has 0 unspecified atom stereocenters. The van der Waals surface area contributed by atoms with Crippen LogP contribution in [0.5, 0.6) is 0 Å². The van der Waals surface area contributed by atoms with Crippen LogP contribution < -0.4 is 0 Å². The molecule has 0 aliphatic carbocycles. The van der Waals surface area contributed by atoms with Gasteiger partial charge in [-0.2, -0.15) is 0 Å². The molecule has 94 valence electrons. The van der Waals surface area contributed by atoms with Gasteiger partial charge >= 0.3 is 0 Å². The Balaban J connectivity index is 3.15. The van der Waals surface area contributed by atoms with Crippen LogP contribution in [0.15, 0.2) is 22.7 Å². The van der Waals surface area contributed by atoms with E-state index in [0.29, 0.717) is 0 Å². The van der Waals surface area contributed by atoms with Crippen LogP contribution in [0, 0.1) is 3.57 Å². The van der Waals surface area contributed by atoms with E-state index in [0.717, 1.165) is 13.6 Å². The summed E-state index contributed by atoms with van der Waals surface area (Å²) in [4.78, 5) is 14.4. The normalized spacial score (nSPS) is 11.1. The molecule has 0 radical (unpaired) electrons. The second-order valence-electron chi connectivity index (χ2n) is 4.50. The first-order valence-electron chi connectivity index (χ1n) is 5.63. The standard InChI is InChI=1S/C13H17BrINO/c1-8(2)16(9(3)4)13(17)10-6-5-7-11(14)12(10)15/h5-9H,1-4H3. The van der Waals surface area contributed by atoms with Crippen LogP contribution in [0.25, 0.3) is 0 Å². The summed E-state index contributed by atoms with van der Waals surface area (Å²) in [5.74, 6) is 0.0979. The molecular formula is C13H17BrINO. The molecule has 0 fully saturated rings. The summed E-state index contributed by atoms with van der Waals surface area (Å²) >= 11 is 5.67. The van der Waals surface area contributed by atoms with Crippen molar-refractivity contribution in [3.63, 3.8) is 0 Å². The Morgan fingerprint density at radius 1 is 1.24 bits per heavy atom. The van der Waals surface area contributed by atoms with Crippen LogP contribution in [-0.2, 0) is 0 Å². The summed E-state index contributed by atoms with van der Waals surface area (Å²) in [5.41, 5.74) is 0.766. The molecule has 0 bridgehead atoms. The third-order valence-corrected chi connectivity index (χ3v) is 5.09. The third-order valence-electron chi connectivity index (χ3n) is 2.53. The maximum absolute atomic E-state index is 12.5. The quantitative estimate of drug-likeness (QED) is 0.681. The van der Waals surface area contributed by atoms with Crippen LogP contribution >= 0.6 is 38.5 Å². The van der Waals surface area contributed by atoms with Crippen molar-refractivity contribution >= 4 is 44.4 Å². The molecule has 0 spiro atoms. The van der Waals surface area contributed by atoms with E-state index in [9.17, 15) is 4.79 Å². The molecule has 1 aromatic rings. The lowest BCUT2D eigenvalue weighted by molar-refractivity contribution is 0.0642. The lowest BCUT2D eigenvalue weighted by Crippen LogP contribution is -2.42. The van der Waals surface area contributed by atoms with Crippen LogP contribution in [0.4, 0.5) is 0 Å². The summed E-state index contributed by atoms with van der Waals surface area (Å²) < 4.78 is 1.94. The predicted molar refractivity (Wildman–Crippen MR) is 83.3 cm³/mol. The molecule has 0 saturated carbocycles. The number of amides is 1. The Morgan fingerprint density at radius 3 is 2.24 bits per heavy atom. The van der Waals surface area contributed by atoms with Gasteiger partial charge in [-0.15, -0.1) is 0 Å². The van der Waals surface area contributed by atoms with Crippen molar-refractivity contribution in [1.29, 1.82) is 0 Å². The maximum atomic E-state index is 12.5. The van der Waals surface area contributed by atoms with E-state index in [1.165, 1.54) is 0 Å². The van der Waals surface area contributed by atoms with Gasteiger partial charge in [-0.1, -0.05) is 6.07 Å². The Kier molecular flexibility index (Phi) is 5.44. The van der Waals surface area contributed by atoms with E-state index in [2.05, 4.69) is 38.5 Å². The number of halogens is 2. The molecule has 0 aliphatic heterocycles. The lowest BCUT2D eigenvalue weighted by atomic mass is 10.1. The van der Waals surface area contributed by atoms with Crippen LogP contribution in [0.2, 0.25) is 0 Å². The SMILES string of the molecule is CC(C)N(C(=O)c1cccc(Br)c1I)C(C)C. The minimum absolute atomic E-state index is 0.0979. The van der Waals surface area contributed by atoms with Gasteiger partial charge in [-0.3, -0.25) is 4.79 Å². The zero-order chi connectivity index (χ0) is 13.2. The zero-order valence-corrected chi connectivity index (χ0v) is 14.2. The first-order valence-corrected chi connectivity index (χ1v) is 7.50. The van der Waals surface area contributed by atoms with Gasteiger partial charge in [0.15, 0.2) is 0 Å². The van der Waals surface area contributed by atoms with Gasteiger partial charge < -0.3 is 4.90 Å². The molecular weight excluding hydrogens is 393 g/mol. The average Bonchev–Trinajstić information content (AvgIpc) is 2.20. The molecule has 2 nitrogen and oxygen atoms in total. The van der Waals surface area contributed by atoms with E-state index in [4.69, 9.17) is 0 Å². The van der Waals surface area contributed by atoms with Gasteiger partial charge in [-0.05, 0) is 78.3 Å². The fourth-order valence-electron chi connectivity index (χ4n) is 1.87. The van der Waals surface area contributed by atoms with Crippen LogP contribution in [0.3, 0.4) is 0 Å². The minimum atomic E-state index is 0.0979. The fourth-order valence-corrected chi connectivity index (χ4v) is 2.83. The van der Waals surface area contributed by atoms with E-state index < -0.39 is 0 Å². The Bertz CT molecular complexity index is 410. The second-order valence-corrected chi connectivity index (χ2v) is 6.43. The number of carbonyl (C=O) groups is 1. The van der Waals surface area contributed by atoms with Crippen molar-refractivity contribution in [1.82, 2.24) is 4.90 Å². The summed E-state index contributed by atoms with van der Waals surface area (Å²) in [6, 6.07) is 6.15. The van der Waals surface area contributed by atoms with Gasteiger partial charge in [0, 0.05) is 20.1 Å². The Labute approximate surface area is 125 Å². The maximum Gasteiger partial charge on any atom is 0.255 e. The molecule has 17 heavy (non-hydrogen) atoms. The number of benzene rings is 1. The lowest BCUT2D eigenvalue weighted by Gasteiger charge is -2.31. The first kappa shape index (κ1) is 15.0. The molecule has 0 aromatic heterocycles. The van der Waals surface area contributed by atoms with Gasteiger partial charge in [0.2, 0.25) is 0 Å². The van der Waals surface area contributed by atoms with Gasteiger partial charge in [0.25, 0.3) is 5.91 Å². The van der Waals surface area contributed by atoms with Crippen molar-refractivity contribution in [2.24, 2.45) is 0 Å². The first-order chi connectivity index (χ1) is 7.86. The topological polar surface area (TPSA) is 20.3 Å². The summed E-state index contributed by atoms with van der Waals surface area (Å²) in [5, 5.41) is 0. The minimum Gasteiger partial charge on any atom is -0.334 e. The molecule has 4 heteroatoms.